The molecule has 0 saturated heterocycles. The summed E-state index contributed by atoms with van der Waals surface area (Å²) in [6.45, 7) is 2.83. The first-order valence-corrected chi connectivity index (χ1v) is 5.87. The van der Waals surface area contributed by atoms with Crippen LogP contribution in [0.1, 0.15) is 43.1 Å². The molecule has 1 aromatic heterocycles. The fraction of sp³-hybridized carbons (Fsp3) is 0.545. The van der Waals surface area contributed by atoms with Gasteiger partial charge in [-0.3, -0.25) is 9.78 Å². The Morgan fingerprint density at radius 1 is 1.38 bits per heavy atom. The average molecular weight is 242 g/mol. The van der Waals surface area contributed by atoms with E-state index in [0.717, 1.165) is 12.8 Å². The first kappa shape index (κ1) is 12.9. The van der Waals surface area contributed by atoms with Crippen molar-refractivity contribution in [3.63, 3.8) is 0 Å². The zero-order chi connectivity index (χ0) is 11.8. The molecule has 0 saturated carbocycles. The quantitative estimate of drug-likeness (QED) is 0.779. The largest absolute Gasteiger partial charge is 0.351 e. The van der Waals surface area contributed by atoms with Crippen LogP contribution in [-0.2, 0) is 0 Å². The number of hydrogen-bond donors (Lipinski definition) is 1. The first-order chi connectivity index (χ1) is 7.74. The van der Waals surface area contributed by atoms with Gasteiger partial charge in [0.25, 0.3) is 5.91 Å². The second-order valence-corrected chi connectivity index (χ2v) is 3.93. The number of carbonyl (C=O) groups is 1. The van der Waals surface area contributed by atoms with Crippen molar-refractivity contribution in [2.24, 2.45) is 0 Å². The van der Waals surface area contributed by atoms with E-state index in [0.29, 0.717) is 6.54 Å². The number of nitrogens with zero attached hydrogens (tertiary/aromatic N) is 2. The van der Waals surface area contributed by atoms with Gasteiger partial charge in [0, 0.05) is 6.54 Å². The molecule has 1 heterocycles. The van der Waals surface area contributed by atoms with Crippen LogP contribution in [-0.4, -0.2) is 22.4 Å². The maximum Gasteiger partial charge on any atom is 0.271 e. The van der Waals surface area contributed by atoms with Gasteiger partial charge in [-0.2, -0.15) is 0 Å². The van der Waals surface area contributed by atoms with E-state index in [1.54, 1.807) is 0 Å². The summed E-state index contributed by atoms with van der Waals surface area (Å²) in [7, 11) is 0. The molecule has 0 fully saturated rings. The average Bonchev–Trinajstić information content (AvgIpc) is 2.28. The molecule has 0 atom stereocenters. The summed E-state index contributed by atoms with van der Waals surface area (Å²) >= 11 is 5.64. The summed E-state index contributed by atoms with van der Waals surface area (Å²) in [5.41, 5.74) is 0.267. The molecule has 1 rings (SSSR count). The molecule has 0 radical (unpaired) electrons. The van der Waals surface area contributed by atoms with Crippen molar-refractivity contribution in [1.82, 2.24) is 15.3 Å². The van der Waals surface area contributed by atoms with E-state index in [2.05, 4.69) is 22.2 Å². The molecule has 1 N–H and O–H groups in total. The van der Waals surface area contributed by atoms with Crippen molar-refractivity contribution in [2.45, 2.75) is 32.6 Å². The lowest BCUT2D eigenvalue weighted by Gasteiger charge is -2.03. The molecule has 4 nitrogen and oxygen atoms in total. The third-order valence-corrected chi connectivity index (χ3v) is 2.34. The summed E-state index contributed by atoms with van der Waals surface area (Å²) in [6.07, 6.45) is 7.33. The monoisotopic (exact) mass is 241 g/mol. The molecule has 0 spiro atoms. The van der Waals surface area contributed by atoms with E-state index in [4.69, 9.17) is 11.6 Å². The van der Waals surface area contributed by atoms with Gasteiger partial charge in [0.05, 0.1) is 12.4 Å². The zero-order valence-electron chi connectivity index (χ0n) is 9.37. The number of unbranched alkanes of at least 4 members (excludes halogenated alkanes) is 3. The molecule has 88 valence electrons. The minimum absolute atomic E-state index is 0.216. The first-order valence-electron chi connectivity index (χ1n) is 5.49. The molecule has 0 aliphatic carbocycles. The Hall–Kier alpha value is -1.16. The Bertz CT molecular complexity index is 344. The molecule has 5 heteroatoms. The lowest BCUT2D eigenvalue weighted by Crippen LogP contribution is -2.25. The number of halogens is 1. The van der Waals surface area contributed by atoms with Gasteiger partial charge in [0.2, 0.25) is 0 Å². The predicted octanol–water partition coefficient (Wildman–Crippen LogP) is 2.44. The van der Waals surface area contributed by atoms with Gasteiger partial charge in [0.15, 0.2) is 0 Å². The predicted molar refractivity (Wildman–Crippen MR) is 63.5 cm³/mol. The Morgan fingerprint density at radius 2 is 2.19 bits per heavy atom. The van der Waals surface area contributed by atoms with E-state index in [1.807, 2.05) is 0 Å². The standard InChI is InChI=1S/C11H16ClN3O/c1-2-3-4-5-6-14-11(16)9-7-13-8-10(12)15-9/h7-8H,2-6H2,1H3,(H,14,16). The van der Waals surface area contributed by atoms with Gasteiger partial charge in [-0.1, -0.05) is 37.8 Å². The summed E-state index contributed by atoms with van der Waals surface area (Å²) in [6, 6.07) is 0. The molecule has 16 heavy (non-hydrogen) atoms. The van der Waals surface area contributed by atoms with E-state index in [9.17, 15) is 4.79 Å². The molecule has 0 aromatic carbocycles. The van der Waals surface area contributed by atoms with Crippen LogP contribution in [0.2, 0.25) is 5.15 Å². The van der Waals surface area contributed by atoms with Crippen molar-refractivity contribution in [1.29, 1.82) is 0 Å². The smallest absolute Gasteiger partial charge is 0.271 e. The number of nitrogens with one attached hydrogen (secondary N) is 1. The summed E-state index contributed by atoms with van der Waals surface area (Å²) in [5, 5.41) is 3.02. The SMILES string of the molecule is CCCCCCNC(=O)c1cncc(Cl)n1. The Kier molecular flexibility index (Phi) is 5.78. The minimum atomic E-state index is -0.216. The normalized spacial score (nSPS) is 10.1. The molecule has 1 aromatic rings. The van der Waals surface area contributed by atoms with Crippen LogP contribution >= 0.6 is 11.6 Å². The van der Waals surface area contributed by atoms with Gasteiger partial charge < -0.3 is 5.32 Å². The fourth-order valence-electron chi connectivity index (χ4n) is 1.30. The lowest BCUT2D eigenvalue weighted by molar-refractivity contribution is 0.0947. The van der Waals surface area contributed by atoms with Crippen LogP contribution in [0, 0.1) is 0 Å². The summed E-state index contributed by atoms with van der Waals surface area (Å²) in [4.78, 5) is 19.2. The van der Waals surface area contributed by atoms with E-state index in [-0.39, 0.29) is 16.8 Å². The van der Waals surface area contributed by atoms with Crippen LogP contribution in [0.3, 0.4) is 0 Å². The van der Waals surface area contributed by atoms with Crippen LogP contribution < -0.4 is 5.32 Å². The number of amides is 1. The van der Waals surface area contributed by atoms with Crippen LogP contribution in [0.25, 0.3) is 0 Å². The number of hydrogen-bond acceptors (Lipinski definition) is 3. The highest BCUT2D eigenvalue weighted by Crippen LogP contribution is 2.02. The zero-order valence-corrected chi connectivity index (χ0v) is 10.1. The Morgan fingerprint density at radius 3 is 2.88 bits per heavy atom. The second-order valence-electron chi connectivity index (χ2n) is 3.54. The maximum atomic E-state index is 11.6. The van der Waals surface area contributed by atoms with E-state index < -0.39 is 0 Å². The van der Waals surface area contributed by atoms with Gasteiger partial charge in [-0.25, -0.2) is 4.98 Å². The summed E-state index contributed by atoms with van der Waals surface area (Å²) in [5.74, 6) is -0.216. The molecule has 1 amide bonds. The van der Waals surface area contributed by atoms with Crippen LogP contribution in [0.5, 0.6) is 0 Å². The fourth-order valence-corrected chi connectivity index (χ4v) is 1.44. The Labute approximate surface area is 100 Å². The van der Waals surface area contributed by atoms with Crippen LogP contribution in [0.15, 0.2) is 12.4 Å². The molecule has 0 unspecified atom stereocenters. The minimum Gasteiger partial charge on any atom is -0.351 e. The maximum absolute atomic E-state index is 11.6. The van der Waals surface area contributed by atoms with Crippen LogP contribution in [0.4, 0.5) is 0 Å². The highest BCUT2D eigenvalue weighted by Gasteiger charge is 2.06. The number of rotatable bonds is 6. The van der Waals surface area contributed by atoms with Gasteiger partial charge in [-0.15, -0.1) is 0 Å². The lowest BCUT2D eigenvalue weighted by atomic mass is 10.2. The summed E-state index contributed by atoms with van der Waals surface area (Å²) < 4.78 is 0. The highest BCUT2D eigenvalue weighted by molar-refractivity contribution is 6.29. The Balaban J connectivity index is 2.30. The van der Waals surface area contributed by atoms with Gasteiger partial charge >= 0.3 is 0 Å². The van der Waals surface area contributed by atoms with Gasteiger partial charge in [0.1, 0.15) is 10.8 Å². The number of aromatic nitrogens is 2. The molecular formula is C11H16ClN3O. The van der Waals surface area contributed by atoms with Gasteiger partial charge in [-0.05, 0) is 6.42 Å². The molecule has 0 aliphatic rings. The molecular weight excluding hydrogens is 226 g/mol. The van der Waals surface area contributed by atoms with Crippen molar-refractivity contribution in [2.75, 3.05) is 6.54 Å². The van der Waals surface area contributed by atoms with Crippen molar-refractivity contribution in [3.05, 3.63) is 23.2 Å². The topological polar surface area (TPSA) is 54.9 Å². The van der Waals surface area contributed by atoms with Crippen molar-refractivity contribution >= 4 is 17.5 Å². The molecule has 0 bridgehead atoms. The van der Waals surface area contributed by atoms with E-state index in [1.165, 1.54) is 25.2 Å². The van der Waals surface area contributed by atoms with Crippen molar-refractivity contribution < 1.29 is 4.79 Å². The van der Waals surface area contributed by atoms with Crippen molar-refractivity contribution in [3.8, 4) is 0 Å². The highest BCUT2D eigenvalue weighted by atomic mass is 35.5. The number of carbonyl (C=O) groups excluding carboxylic acids is 1. The van der Waals surface area contributed by atoms with E-state index >= 15 is 0 Å². The third kappa shape index (κ3) is 4.57. The molecule has 0 aliphatic heterocycles. The second kappa shape index (κ2) is 7.17. The third-order valence-electron chi connectivity index (χ3n) is 2.15.